The van der Waals surface area contributed by atoms with Gasteiger partial charge in [-0.1, -0.05) is 17.7 Å². The lowest BCUT2D eigenvalue weighted by Gasteiger charge is -2.31. The number of hydrogen-bond donors (Lipinski definition) is 2. The minimum Gasteiger partial charge on any atom is -0.508 e. The minimum absolute atomic E-state index is 0.162. The monoisotopic (exact) mass is 262 g/mol. The molecule has 0 aromatic heterocycles. The molecule has 2 N–H and O–H groups in total. The molecular formula is C15H22N2O2. The molecule has 1 fully saturated rings. The number of likely N-dealkylation sites (tertiary alicyclic amines) is 1. The third-order valence-corrected chi connectivity index (χ3v) is 3.76. The molecule has 19 heavy (non-hydrogen) atoms. The highest BCUT2D eigenvalue weighted by atomic mass is 16.3. The Morgan fingerprint density at radius 2 is 2.11 bits per heavy atom. The van der Waals surface area contributed by atoms with E-state index in [1.807, 2.05) is 24.0 Å². The molecule has 0 spiro atoms. The van der Waals surface area contributed by atoms with Crippen molar-refractivity contribution >= 4 is 5.91 Å². The maximum Gasteiger partial charge on any atom is 0.219 e. The van der Waals surface area contributed by atoms with Crippen LogP contribution in [-0.4, -0.2) is 35.0 Å². The van der Waals surface area contributed by atoms with Crippen LogP contribution in [-0.2, 0) is 11.3 Å². The van der Waals surface area contributed by atoms with Crippen LogP contribution in [0, 0.1) is 6.92 Å². The fraction of sp³-hybridized carbons (Fsp3) is 0.533. The summed E-state index contributed by atoms with van der Waals surface area (Å²) in [6, 6.07) is 6.08. The van der Waals surface area contributed by atoms with Crippen LogP contribution in [0.25, 0.3) is 0 Å². The third-order valence-electron chi connectivity index (χ3n) is 3.76. The van der Waals surface area contributed by atoms with Gasteiger partial charge in [0.2, 0.25) is 5.91 Å². The minimum atomic E-state index is 0.162. The molecule has 0 bridgehead atoms. The first-order chi connectivity index (χ1) is 9.06. The molecule has 1 aliphatic rings. The second kappa shape index (κ2) is 6.06. The van der Waals surface area contributed by atoms with Crippen molar-refractivity contribution in [1.82, 2.24) is 10.2 Å². The van der Waals surface area contributed by atoms with Gasteiger partial charge in [0.15, 0.2) is 0 Å². The average molecular weight is 262 g/mol. The van der Waals surface area contributed by atoms with E-state index in [1.165, 1.54) is 0 Å². The summed E-state index contributed by atoms with van der Waals surface area (Å²) in [6.45, 7) is 5.98. The van der Waals surface area contributed by atoms with E-state index < -0.39 is 0 Å². The number of carbonyl (C=O) groups excluding carboxylic acids is 1. The predicted octanol–water partition coefficient (Wildman–Crippen LogP) is 1.80. The molecule has 0 unspecified atom stereocenters. The number of aromatic hydroxyl groups is 1. The number of nitrogens with one attached hydrogen (secondary N) is 1. The topological polar surface area (TPSA) is 52.6 Å². The lowest BCUT2D eigenvalue weighted by atomic mass is 10.0. The molecule has 2 rings (SSSR count). The van der Waals surface area contributed by atoms with Gasteiger partial charge in [-0.2, -0.15) is 0 Å². The largest absolute Gasteiger partial charge is 0.508 e. The Hall–Kier alpha value is -1.55. The van der Waals surface area contributed by atoms with Crippen molar-refractivity contribution in [2.45, 2.75) is 39.3 Å². The summed E-state index contributed by atoms with van der Waals surface area (Å²) in [4.78, 5) is 13.1. The number of benzene rings is 1. The SMILES string of the molecule is CC(=O)N1CCC(NCc2cc(C)ccc2O)CC1. The zero-order chi connectivity index (χ0) is 13.8. The number of phenols is 1. The molecule has 104 valence electrons. The Balaban J connectivity index is 1.83. The van der Waals surface area contributed by atoms with Crippen molar-refractivity contribution < 1.29 is 9.90 Å². The molecule has 1 aliphatic heterocycles. The summed E-state index contributed by atoms with van der Waals surface area (Å²) < 4.78 is 0. The second-order valence-corrected chi connectivity index (χ2v) is 5.29. The highest BCUT2D eigenvalue weighted by molar-refractivity contribution is 5.73. The van der Waals surface area contributed by atoms with Gasteiger partial charge in [-0.05, 0) is 25.8 Å². The molecule has 1 amide bonds. The first kappa shape index (κ1) is 13.9. The fourth-order valence-electron chi connectivity index (χ4n) is 2.51. The van der Waals surface area contributed by atoms with Gasteiger partial charge in [0.25, 0.3) is 0 Å². The number of aryl methyl sites for hydroxylation is 1. The Labute approximate surface area is 114 Å². The maximum atomic E-state index is 11.2. The summed E-state index contributed by atoms with van der Waals surface area (Å²) in [7, 11) is 0. The number of amides is 1. The molecule has 4 heteroatoms. The average Bonchev–Trinajstić information content (AvgIpc) is 2.40. The molecule has 1 aromatic carbocycles. The van der Waals surface area contributed by atoms with Crippen molar-refractivity contribution in [2.75, 3.05) is 13.1 Å². The maximum absolute atomic E-state index is 11.2. The van der Waals surface area contributed by atoms with Gasteiger partial charge in [0.1, 0.15) is 5.75 Å². The Bertz CT molecular complexity index is 451. The van der Waals surface area contributed by atoms with Gasteiger partial charge in [-0.3, -0.25) is 4.79 Å². The van der Waals surface area contributed by atoms with Crippen molar-refractivity contribution in [1.29, 1.82) is 0 Å². The molecule has 1 heterocycles. The lowest BCUT2D eigenvalue weighted by molar-refractivity contribution is -0.129. The van der Waals surface area contributed by atoms with Crippen LogP contribution in [0.4, 0.5) is 0 Å². The predicted molar refractivity (Wildman–Crippen MR) is 75.0 cm³/mol. The van der Waals surface area contributed by atoms with Crippen molar-refractivity contribution in [3.8, 4) is 5.75 Å². The number of carbonyl (C=O) groups is 1. The number of piperidine rings is 1. The van der Waals surface area contributed by atoms with Gasteiger partial charge >= 0.3 is 0 Å². The smallest absolute Gasteiger partial charge is 0.219 e. The van der Waals surface area contributed by atoms with E-state index in [0.29, 0.717) is 18.3 Å². The molecule has 0 saturated carbocycles. The second-order valence-electron chi connectivity index (χ2n) is 5.29. The molecule has 0 radical (unpaired) electrons. The van der Waals surface area contributed by atoms with Gasteiger partial charge < -0.3 is 15.3 Å². The third kappa shape index (κ3) is 3.70. The van der Waals surface area contributed by atoms with E-state index in [1.54, 1.807) is 13.0 Å². The quantitative estimate of drug-likeness (QED) is 0.873. The Morgan fingerprint density at radius 1 is 1.42 bits per heavy atom. The van der Waals surface area contributed by atoms with Crippen molar-refractivity contribution in [3.63, 3.8) is 0 Å². The zero-order valence-corrected chi connectivity index (χ0v) is 11.6. The van der Waals surface area contributed by atoms with Gasteiger partial charge in [-0.15, -0.1) is 0 Å². The van der Waals surface area contributed by atoms with E-state index in [2.05, 4.69) is 5.32 Å². The van der Waals surface area contributed by atoms with E-state index in [-0.39, 0.29) is 5.91 Å². The first-order valence-corrected chi connectivity index (χ1v) is 6.83. The van der Waals surface area contributed by atoms with E-state index >= 15 is 0 Å². The summed E-state index contributed by atoms with van der Waals surface area (Å²) in [5.41, 5.74) is 2.09. The van der Waals surface area contributed by atoms with Crippen LogP contribution in [0.5, 0.6) is 5.75 Å². The standard InChI is InChI=1S/C15H22N2O2/c1-11-3-4-15(19)13(9-11)10-16-14-5-7-17(8-6-14)12(2)18/h3-4,9,14,16,19H,5-8,10H2,1-2H3. The molecule has 4 nitrogen and oxygen atoms in total. The molecule has 0 atom stereocenters. The van der Waals surface area contributed by atoms with Gasteiger partial charge in [0.05, 0.1) is 0 Å². The van der Waals surface area contributed by atoms with Crippen LogP contribution < -0.4 is 5.32 Å². The zero-order valence-electron chi connectivity index (χ0n) is 11.6. The number of hydrogen-bond acceptors (Lipinski definition) is 3. The first-order valence-electron chi connectivity index (χ1n) is 6.83. The van der Waals surface area contributed by atoms with Crippen LogP contribution >= 0.6 is 0 Å². The number of rotatable bonds is 3. The van der Waals surface area contributed by atoms with Crippen LogP contribution in [0.1, 0.15) is 30.9 Å². The summed E-state index contributed by atoms with van der Waals surface area (Å²) in [6.07, 6.45) is 1.96. The fourth-order valence-corrected chi connectivity index (χ4v) is 2.51. The Morgan fingerprint density at radius 3 is 2.74 bits per heavy atom. The highest BCUT2D eigenvalue weighted by Gasteiger charge is 2.20. The van der Waals surface area contributed by atoms with Gasteiger partial charge in [0, 0.05) is 38.2 Å². The summed E-state index contributed by atoms with van der Waals surface area (Å²) in [5, 5.41) is 13.3. The van der Waals surface area contributed by atoms with E-state index in [4.69, 9.17) is 0 Å². The number of phenolic OH excluding ortho intramolecular Hbond substituents is 1. The van der Waals surface area contributed by atoms with Crippen molar-refractivity contribution in [2.24, 2.45) is 0 Å². The van der Waals surface area contributed by atoms with E-state index in [0.717, 1.165) is 37.1 Å². The molecule has 1 saturated heterocycles. The van der Waals surface area contributed by atoms with E-state index in [9.17, 15) is 9.90 Å². The highest BCUT2D eigenvalue weighted by Crippen LogP contribution is 2.19. The summed E-state index contributed by atoms with van der Waals surface area (Å²) >= 11 is 0. The number of nitrogens with zero attached hydrogens (tertiary/aromatic N) is 1. The molecular weight excluding hydrogens is 240 g/mol. The molecule has 1 aromatic rings. The Kier molecular flexibility index (Phi) is 4.43. The lowest BCUT2D eigenvalue weighted by Crippen LogP contribution is -2.43. The van der Waals surface area contributed by atoms with Crippen LogP contribution in [0.2, 0.25) is 0 Å². The van der Waals surface area contributed by atoms with Gasteiger partial charge in [-0.25, -0.2) is 0 Å². The van der Waals surface area contributed by atoms with Crippen LogP contribution in [0.15, 0.2) is 18.2 Å². The normalized spacial score (nSPS) is 16.6. The molecule has 0 aliphatic carbocycles. The van der Waals surface area contributed by atoms with Crippen molar-refractivity contribution in [3.05, 3.63) is 29.3 Å². The van der Waals surface area contributed by atoms with Crippen LogP contribution in [0.3, 0.4) is 0 Å². The summed E-state index contributed by atoms with van der Waals surface area (Å²) in [5.74, 6) is 0.508.